The maximum atomic E-state index is 9.25. The van der Waals surface area contributed by atoms with Crippen molar-refractivity contribution in [2.24, 2.45) is 0 Å². The molecule has 0 bridgehead atoms. The summed E-state index contributed by atoms with van der Waals surface area (Å²) in [5.41, 5.74) is 1.30. The molecule has 0 aliphatic rings. The Labute approximate surface area is 205 Å². The number of hydrogen-bond donors (Lipinski definition) is 1. The summed E-state index contributed by atoms with van der Waals surface area (Å²) in [5.74, 6) is 0.972. The topological polar surface area (TPSA) is 38.7 Å². The molecule has 1 unspecified atom stereocenters. The van der Waals surface area contributed by atoms with Crippen LogP contribution in [-0.4, -0.2) is 25.1 Å². The maximum Gasteiger partial charge on any atom is 0.188 e. The molecule has 33 heavy (non-hydrogen) atoms. The predicted octanol–water partition coefficient (Wildman–Crippen LogP) is 9.00. The summed E-state index contributed by atoms with van der Waals surface area (Å²) in [6.07, 6.45) is 26.7. The lowest BCUT2D eigenvalue weighted by Crippen LogP contribution is -2.01. The lowest BCUT2D eigenvalue weighted by atomic mass is 10.0. The van der Waals surface area contributed by atoms with Crippen LogP contribution in [-0.2, 0) is 11.2 Å². The number of aryl methyl sites for hydroxylation is 1. The number of unbranched alkanes of at least 4 members (excludes halogenated alkanes) is 17. The zero-order chi connectivity index (χ0) is 23.8. The van der Waals surface area contributed by atoms with E-state index in [2.05, 4.69) is 12.1 Å². The van der Waals surface area contributed by atoms with Crippen LogP contribution < -0.4 is 4.74 Å². The van der Waals surface area contributed by atoms with E-state index in [0.29, 0.717) is 6.79 Å². The molecule has 1 atom stereocenters. The summed E-state index contributed by atoms with van der Waals surface area (Å²) >= 11 is 0. The maximum absolute atomic E-state index is 9.25. The molecule has 0 spiro atoms. The number of methoxy groups -OCH3 is 1. The van der Waals surface area contributed by atoms with Crippen molar-refractivity contribution in [2.45, 2.75) is 141 Å². The molecule has 0 aromatic heterocycles. The molecule has 0 heterocycles. The lowest BCUT2D eigenvalue weighted by molar-refractivity contribution is 0.0504. The van der Waals surface area contributed by atoms with Gasteiger partial charge in [0.25, 0.3) is 0 Å². The van der Waals surface area contributed by atoms with Crippen molar-refractivity contribution in [3.05, 3.63) is 29.8 Å². The van der Waals surface area contributed by atoms with Crippen molar-refractivity contribution in [1.82, 2.24) is 0 Å². The molecule has 192 valence electrons. The van der Waals surface area contributed by atoms with Gasteiger partial charge in [0, 0.05) is 7.11 Å². The van der Waals surface area contributed by atoms with Gasteiger partial charge in [0.2, 0.25) is 0 Å². The summed E-state index contributed by atoms with van der Waals surface area (Å²) < 4.78 is 10.7. The van der Waals surface area contributed by atoms with Crippen LogP contribution in [0.5, 0.6) is 5.75 Å². The Morgan fingerprint density at radius 1 is 0.636 bits per heavy atom. The highest BCUT2D eigenvalue weighted by Crippen LogP contribution is 2.21. The van der Waals surface area contributed by atoms with Gasteiger partial charge in [-0.25, -0.2) is 0 Å². The van der Waals surface area contributed by atoms with Crippen molar-refractivity contribution in [2.75, 3.05) is 13.9 Å². The van der Waals surface area contributed by atoms with Gasteiger partial charge >= 0.3 is 0 Å². The third-order valence-electron chi connectivity index (χ3n) is 6.62. The molecule has 1 aromatic carbocycles. The molecule has 1 N–H and O–H groups in total. The minimum atomic E-state index is -0.114. The minimum absolute atomic E-state index is 0.114. The van der Waals surface area contributed by atoms with Gasteiger partial charge in [0.15, 0.2) is 6.79 Å². The first-order valence-corrected chi connectivity index (χ1v) is 14.1. The number of para-hydroxylation sites is 1. The third kappa shape index (κ3) is 19.0. The molecule has 0 aliphatic heterocycles. The average molecular weight is 463 g/mol. The number of aliphatic hydroxyl groups is 1. The van der Waals surface area contributed by atoms with Crippen LogP contribution in [0.2, 0.25) is 0 Å². The van der Waals surface area contributed by atoms with Crippen molar-refractivity contribution < 1.29 is 14.6 Å². The number of hydrogen-bond acceptors (Lipinski definition) is 3. The van der Waals surface area contributed by atoms with Gasteiger partial charge in [-0.05, 0) is 37.8 Å². The molecule has 0 saturated heterocycles. The summed E-state index contributed by atoms with van der Waals surface area (Å²) in [7, 11) is 1.66. The van der Waals surface area contributed by atoms with Crippen LogP contribution in [0.15, 0.2) is 24.3 Å². The highest BCUT2D eigenvalue weighted by molar-refractivity contribution is 5.33. The van der Waals surface area contributed by atoms with Crippen molar-refractivity contribution in [3.8, 4) is 5.75 Å². The van der Waals surface area contributed by atoms with Crippen LogP contribution >= 0.6 is 0 Å². The molecule has 0 radical (unpaired) electrons. The van der Waals surface area contributed by atoms with Crippen LogP contribution in [0.4, 0.5) is 0 Å². The Balaban J connectivity index is 1.78. The van der Waals surface area contributed by atoms with Gasteiger partial charge in [-0.3, -0.25) is 0 Å². The first-order chi connectivity index (χ1) is 16.2. The SMILES string of the molecule is COCOc1ccccc1CCCCCCCCCCCCCCCCCCCCC(C)O. The summed E-state index contributed by atoms with van der Waals surface area (Å²) in [4.78, 5) is 0. The Morgan fingerprint density at radius 2 is 1.06 bits per heavy atom. The molecule has 1 aromatic rings. The molecule has 3 nitrogen and oxygen atoms in total. The van der Waals surface area contributed by atoms with Crippen LogP contribution in [0.25, 0.3) is 0 Å². The van der Waals surface area contributed by atoms with Crippen LogP contribution in [0, 0.1) is 0 Å². The van der Waals surface area contributed by atoms with E-state index in [1.807, 2.05) is 19.1 Å². The van der Waals surface area contributed by atoms with E-state index in [9.17, 15) is 5.11 Å². The average Bonchev–Trinajstić information content (AvgIpc) is 2.82. The van der Waals surface area contributed by atoms with Crippen LogP contribution in [0.1, 0.15) is 134 Å². The summed E-state index contributed by atoms with van der Waals surface area (Å²) in [5, 5.41) is 9.25. The molecule has 0 fully saturated rings. The van der Waals surface area contributed by atoms with E-state index >= 15 is 0 Å². The summed E-state index contributed by atoms with van der Waals surface area (Å²) in [6.45, 7) is 2.22. The predicted molar refractivity (Wildman–Crippen MR) is 142 cm³/mol. The van der Waals surface area contributed by atoms with E-state index in [1.54, 1.807) is 7.11 Å². The second kappa shape index (κ2) is 22.7. The summed E-state index contributed by atoms with van der Waals surface area (Å²) in [6, 6.07) is 8.34. The second-order valence-electron chi connectivity index (χ2n) is 9.91. The van der Waals surface area contributed by atoms with Gasteiger partial charge in [-0.2, -0.15) is 0 Å². The van der Waals surface area contributed by atoms with E-state index in [-0.39, 0.29) is 6.10 Å². The fraction of sp³-hybridized carbons (Fsp3) is 0.800. The highest BCUT2D eigenvalue weighted by Gasteiger charge is 2.03. The number of benzene rings is 1. The lowest BCUT2D eigenvalue weighted by Gasteiger charge is -2.10. The molecule has 1 rings (SSSR count). The largest absolute Gasteiger partial charge is 0.467 e. The molecule has 0 saturated carbocycles. The second-order valence-corrected chi connectivity index (χ2v) is 9.91. The van der Waals surface area contributed by atoms with E-state index in [4.69, 9.17) is 9.47 Å². The van der Waals surface area contributed by atoms with E-state index in [1.165, 1.54) is 121 Å². The van der Waals surface area contributed by atoms with E-state index in [0.717, 1.165) is 18.6 Å². The van der Waals surface area contributed by atoms with Crippen molar-refractivity contribution in [3.63, 3.8) is 0 Å². The minimum Gasteiger partial charge on any atom is -0.467 e. The molecule has 0 amide bonds. The first-order valence-electron chi connectivity index (χ1n) is 14.1. The first kappa shape index (κ1) is 30.0. The van der Waals surface area contributed by atoms with Crippen molar-refractivity contribution >= 4 is 0 Å². The Morgan fingerprint density at radius 3 is 1.52 bits per heavy atom. The van der Waals surface area contributed by atoms with Crippen LogP contribution in [0.3, 0.4) is 0 Å². The normalized spacial score (nSPS) is 12.2. The molecule has 0 aliphatic carbocycles. The number of ether oxygens (including phenoxy) is 2. The standard InChI is InChI=1S/C30H54O3/c1-28(31)23-19-17-15-13-11-9-7-5-3-4-6-8-10-12-14-16-18-20-24-29-25-21-22-26-30(29)33-27-32-2/h21-22,25-26,28,31H,3-20,23-24,27H2,1-2H3. The van der Waals surface area contributed by atoms with Gasteiger partial charge in [0.1, 0.15) is 5.75 Å². The smallest absolute Gasteiger partial charge is 0.188 e. The van der Waals surface area contributed by atoms with E-state index < -0.39 is 0 Å². The van der Waals surface area contributed by atoms with Gasteiger partial charge < -0.3 is 14.6 Å². The Bertz CT molecular complexity index is 529. The molecular weight excluding hydrogens is 408 g/mol. The number of aliphatic hydroxyl groups excluding tert-OH is 1. The van der Waals surface area contributed by atoms with Gasteiger partial charge in [0.05, 0.1) is 6.10 Å². The van der Waals surface area contributed by atoms with Gasteiger partial charge in [-0.1, -0.05) is 127 Å². The van der Waals surface area contributed by atoms with Gasteiger partial charge in [-0.15, -0.1) is 0 Å². The zero-order valence-electron chi connectivity index (χ0n) is 22.0. The monoisotopic (exact) mass is 462 g/mol. The highest BCUT2D eigenvalue weighted by atomic mass is 16.7. The molecule has 3 heteroatoms. The molecular formula is C30H54O3. The number of rotatable bonds is 24. The Hall–Kier alpha value is -1.06. The fourth-order valence-corrected chi connectivity index (χ4v) is 4.56. The quantitative estimate of drug-likeness (QED) is 0.123. The van der Waals surface area contributed by atoms with Crippen molar-refractivity contribution in [1.29, 1.82) is 0 Å². The fourth-order valence-electron chi connectivity index (χ4n) is 4.56. The zero-order valence-corrected chi connectivity index (χ0v) is 22.0. The Kier molecular flexibility index (Phi) is 20.6. The third-order valence-corrected chi connectivity index (χ3v) is 6.62.